The molecule has 1 aliphatic carbocycles. The molecule has 9 aromatic carbocycles. The highest BCUT2D eigenvalue weighted by Crippen LogP contribution is 2.63. The minimum Gasteiger partial charge on any atom is -0.310 e. The molecule has 0 atom stereocenters. The molecule has 436 valence electrons. The molecule has 4 heteroatoms. The summed E-state index contributed by atoms with van der Waals surface area (Å²) < 4.78 is 8.24. The second-order valence-corrected chi connectivity index (χ2v) is 34.3. The highest BCUT2D eigenvalue weighted by Gasteiger charge is 2.55. The molecule has 87 heavy (non-hydrogen) atoms. The van der Waals surface area contributed by atoms with Gasteiger partial charge in [-0.3, -0.25) is 0 Å². The zero-order valence-corrected chi connectivity index (χ0v) is 55.7. The van der Waals surface area contributed by atoms with Crippen molar-refractivity contribution in [3.8, 4) is 28.2 Å². The van der Waals surface area contributed by atoms with Crippen LogP contribution in [0.5, 0.6) is 0 Å². The molecule has 0 saturated heterocycles. The first-order valence-electron chi connectivity index (χ1n) is 32.4. The summed E-state index contributed by atoms with van der Waals surface area (Å²) in [6, 6.07) is 58.1. The van der Waals surface area contributed by atoms with Crippen LogP contribution >= 0.6 is 0 Å². The largest absolute Gasteiger partial charge is 0.310 e. The van der Waals surface area contributed by atoms with Crippen molar-refractivity contribution in [2.45, 2.75) is 189 Å². The van der Waals surface area contributed by atoms with E-state index in [9.17, 15) is 0 Å². The standard InChI is InChI=1S/C83H86BN3/c1-76(2,3)45-22-28-52(29-23-45)85-66-42-48(79(10,11)12)26-32-55(66)69-68(85)44-64-75-70(69)56-33-27-49(80(13,14)15)43-67(56)86(75)65-35-34-59-74-71(65)84(64)63-41-51(82(19,20)21)37-58-57-36-50(81(16,17)18)40-62(72(57)87(74)73(58)63)83(59)60-38-46(77(4,5)6)24-30-53(60)54-31-25-47(39-61(54)83)78(7,8)9/h22-44H,1-21H3. The molecule has 4 aliphatic rings. The van der Waals surface area contributed by atoms with Crippen molar-refractivity contribution < 1.29 is 0 Å². The molecule has 0 N–H and O–H groups in total. The van der Waals surface area contributed by atoms with Crippen LogP contribution in [0.2, 0.25) is 0 Å². The Hall–Kier alpha value is -7.56. The summed E-state index contributed by atoms with van der Waals surface area (Å²) in [6.45, 7) is 50.0. The van der Waals surface area contributed by atoms with Gasteiger partial charge in [0.25, 0.3) is 6.71 Å². The molecule has 0 fully saturated rings. The fourth-order valence-electron chi connectivity index (χ4n) is 16.5. The van der Waals surface area contributed by atoms with E-state index in [1.807, 2.05) is 0 Å². The van der Waals surface area contributed by atoms with Gasteiger partial charge in [-0.1, -0.05) is 236 Å². The first-order valence-corrected chi connectivity index (χ1v) is 32.4. The average Bonchev–Trinajstić information content (AvgIpc) is 1.53. The van der Waals surface area contributed by atoms with E-state index in [1.165, 1.54) is 171 Å². The third-order valence-corrected chi connectivity index (χ3v) is 21.5. The van der Waals surface area contributed by atoms with Gasteiger partial charge in [0.2, 0.25) is 0 Å². The highest BCUT2D eigenvalue weighted by molar-refractivity contribution is 7.00. The number of hydrogen-bond donors (Lipinski definition) is 0. The number of hydrogen-bond acceptors (Lipinski definition) is 0. The minimum absolute atomic E-state index is 0.0196. The summed E-state index contributed by atoms with van der Waals surface area (Å²) in [5, 5.41) is 8.02. The van der Waals surface area contributed by atoms with Crippen LogP contribution in [-0.2, 0) is 43.3 Å². The maximum absolute atomic E-state index is 2.83. The molecule has 3 aliphatic heterocycles. The van der Waals surface area contributed by atoms with E-state index in [2.05, 4.69) is 299 Å². The van der Waals surface area contributed by atoms with E-state index >= 15 is 0 Å². The van der Waals surface area contributed by atoms with Gasteiger partial charge in [0.05, 0.1) is 33.0 Å². The number of aromatic nitrogens is 3. The van der Waals surface area contributed by atoms with Crippen molar-refractivity contribution >= 4 is 88.5 Å². The monoisotopic (exact) mass is 1140 g/mol. The lowest BCUT2D eigenvalue weighted by molar-refractivity contribution is 0.583. The Morgan fingerprint density at radius 1 is 0.299 bits per heavy atom. The quantitative estimate of drug-likeness (QED) is 0.146. The first-order chi connectivity index (χ1) is 40.6. The lowest BCUT2D eigenvalue weighted by Crippen LogP contribution is -2.60. The normalized spacial score (nSPS) is 15.3. The van der Waals surface area contributed by atoms with Gasteiger partial charge in [-0.05, 0) is 175 Å². The number of fused-ring (bicyclic) bond motifs is 18. The van der Waals surface area contributed by atoms with Crippen LogP contribution in [0.15, 0.2) is 140 Å². The van der Waals surface area contributed by atoms with Crippen LogP contribution < -0.4 is 16.4 Å². The Balaban J connectivity index is 1.16. The Morgan fingerprint density at radius 3 is 1.26 bits per heavy atom. The van der Waals surface area contributed by atoms with Crippen molar-refractivity contribution in [1.29, 1.82) is 0 Å². The van der Waals surface area contributed by atoms with E-state index in [0.717, 1.165) is 0 Å². The summed E-state index contributed by atoms with van der Waals surface area (Å²) in [4.78, 5) is 0. The molecule has 1 spiro atoms. The van der Waals surface area contributed by atoms with Gasteiger partial charge >= 0.3 is 0 Å². The summed E-state index contributed by atoms with van der Waals surface area (Å²) >= 11 is 0. The van der Waals surface area contributed by atoms with Gasteiger partial charge in [0.15, 0.2) is 0 Å². The van der Waals surface area contributed by atoms with Crippen LogP contribution in [-0.4, -0.2) is 20.4 Å². The topological polar surface area (TPSA) is 14.8 Å². The van der Waals surface area contributed by atoms with Gasteiger partial charge in [-0.25, -0.2) is 0 Å². The van der Waals surface area contributed by atoms with Crippen LogP contribution in [0.1, 0.15) is 207 Å². The maximum Gasteiger partial charge on any atom is 0.252 e. The van der Waals surface area contributed by atoms with E-state index < -0.39 is 5.41 Å². The number of nitrogens with zero attached hydrogens (tertiary/aromatic N) is 3. The smallest absolute Gasteiger partial charge is 0.252 e. The summed E-state index contributed by atoms with van der Waals surface area (Å²) in [7, 11) is 0. The average molecular weight is 1140 g/mol. The van der Waals surface area contributed by atoms with Gasteiger partial charge in [0, 0.05) is 54.9 Å². The summed E-state index contributed by atoms with van der Waals surface area (Å²) in [6.07, 6.45) is 0. The van der Waals surface area contributed by atoms with E-state index in [0.29, 0.717) is 0 Å². The van der Waals surface area contributed by atoms with Crippen molar-refractivity contribution in [3.63, 3.8) is 0 Å². The Morgan fingerprint density at radius 2 is 0.736 bits per heavy atom. The van der Waals surface area contributed by atoms with Crippen LogP contribution in [0.3, 0.4) is 0 Å². The fraction of sp³-hybridized carbons (Fsp3) is 0.349. The predicted octanol–water partition coefficient (Wildman–Crippen LogP) is 19.9. The first kappa shape index (κ1) is 54.8. The third kappa shape index (κ3) is 7.14. The van der Waals surface area contributed by atoms with Crippen LogP contribution in [0, 0.1) is 0 Å². The number of benzene rings is 9. The minimum atomic E-state index is -0.648. The van der Waals surface area contributed by atoms with E-state index in [4.69, 9.17) is 0 Å². The van der Waals surface area contributed by atoms with Crippen LogP contribution in [0.4, 0.5) is 0 Å². The highest BCUT2D eigenvalue weighted by atomic mass is 15.1. The van der Waals surface area contributed by atoms with Gasteiger partial charge in [0.1, 0.15) is 0 Å². The van der Waals surface area contributed by atoms with E-state index in [1.54, 1.807) is 0 Å². The SMILES string of the molecule is CC(C)(C)c1ccc(-n2c3cc(C(C)(C)C)ccc3c3c4c5ccc(C(C)(C)C)cc5n5c4c(cc32)B2c3c-5ccc4c3-n3c5c2cc(C(C)(C)C)cc5c2cc(C(C)(C)C)cc(c23)C42c3cc(C(C)(C)C)ccc3-c3ccc(C(C)(C)C)cc32)cc1. The predicted molar refractivity (Wildman–Crippen MR) is 376 cm³/mol. The second-order valence-electron chi connectivity index (χ2n) is 34.3. The lowest BCUT2D eigenvalue weighted by atomic mass is 9.33. The molecule has 3 aromatic heterocycles. The van der Waals surface area contributed by atoms with Crippen molar-refractivity contribution in [1.82, 2.24) is 13.7 Å². The van der Waals surface area contributed by atoms with Crippen molar-refractivity contribution in [3.05, 3.63) is 201 Å². The molecule has 3 nitrogen and oxygen atoms in total. The summed E-state index contributed by atoms with van der Waals surface area (Å²) in [5.74, 6) is 0. The van der Waals surface area contributed by atoms with Gasteiger partial charge < -0.3 is 13.7 Å². The molecule has 0 radical (unpaired) electrons. The molecule has 0 unspecified atom stereocenters. The molecular weight excluding hydrogens is 1050 g/mol. The second kappa shape index (κ2) is 16.6. The van der Waals surface area contributed by atoms with Crippen molar-refractivity contribution in [2.24, 2.45) is 0 Å². The van der Waals surface area contributed by atoms with Crippen molar-refractivity contribution in [2.75, 3.05) is 0 Å². The Bertz CT molecular complexity index is 5040. The summed E-state index contributed by atoms with van der Waals surface area (Å²) in [5.41, 5.74) is 32.6. The molecule has 16 rings (SSSR count). The third-order valence-electron chi connectivity index (χ3n) is 21.5. The molecule has 0 amide bonds. The van der Waals surface area contributed by atoms with Crippen LogP contribution in [0.25, 0.3) is 93.6 Å². The van der Waals surface area contributed by atoms with E-state index in [-0.39, 0.29) is 44.6 Å². The molecular formula is C83H86BN3. The molecule has 0 bridgehead atoms. The molecule has 6 heterocycles. The van der Waals surface area contributed by atoms with Gasteiger partial charge in [-0.2, -0.15) is 0 Å². The Kier molecular flexibility index (Phi) is 10.4. The fourth-order valence-corrected chi connectivity index (χ4v) is 16.5. The zero-order chi connectivity index (χ0) is 61.5. The lowest BCUT2D eigenvalue weighted by Gasteiger charge is -2.45. The Labute approximate surface area is 516 Å². The zero-order valence-electron chi connectivity index (χ0n) is 55.7. The molecule has 0 saturated carbocycles. The van der Waals surface area contributed by atoms with Gasteiger partial charge in [-0.15, -0.1) is 0 Å². The maximum atomic E-state index is 2.83. The number of rotatable bonds is 1. The molecule has 12 aromatic rings.